The molecule has 17 heavy (non-hydrogen) atoms. The third-order valence-electron chi connectivity index (χ3n) is 2.04. The molecule has 3 aromatic heterocycles. The molecule has 0 amide bonds. The van der Waals surface area contributed by atoms with Crippen molar-refractivity contribution in [3.05, 3.63) is 24.5 Å². The van der Waals surface area contributed by atoms with Gasteiger partial charge in [-0.05, 0) is 12.1 Å². The summed E-state index contributed by atoms with van der Waals surface area (Å²) in [5.74, 6) is 1.43. The standard InChI is InChI=1S/C9H7N7O/c10-6-3-1-2-5(13-6)9-14-8(16-17-9)7-11-4-12-15-7/h1-4H,(H2,10,13)(H,11,12,15). The quantitative estimate of drug-likeness (QED) is 0.656. The highest BCUT2D eigenvalue weighted by atomic mass is 16.5. The summed E-state index contributed by atoms with van der Waals surface area (Å²) in [5.41, 5.74) is 6.08. The van der Waals surface area contributed by atoms with Gasteiger partial charge in [-0.1, -0.05) is 11.2 Å². The molecule has 0 spiro atoms. The minimum Gasteiger partial charge on any atom is -0.384 e. The summed E-state index contributed by atoms with van der Waals surface area (Å²) < 4.78 is 5.06. The molecule has 0 saturated heterocycles. The van der Waals surface area contributed by atoms with E-state index < -0.39 is 0 Å². The van der Waals surface area contributed by atoms with Crippen molar-refractivity contribution in [2.45, 2.75) is 0 Å². The Balaban J connectivity index is 2.01. The van der Waals surface area contributed by atoms with E-state index in [2.05, 4.69) is 30.3 Å². The molecule has 3 aromatic rings. The first kappa shape index (κ1) is 9.46. The van der Waals surface area contributed by atoms with Gasteiger partial charge in [0.2, 0.25) is 5.82 Å². The van der Waals surface area contributed by atoms with E-state index in [0.717, 1.165) is 0 Å². The van der Waals surface area contributed by atoms with Crippen LogP contribution in [-0.2, 0) is 0 Å². The Morgan fingerprint density at radius 2 is 2.18 bits per heavy atom. The lowest BCUT2D eigenvalue weighted by atomic mass is 10.3. The highest BCUT2D eigenvalue weighted by Gasteiger charge is 2.13. The van der Waals surface area contributed by atoms with Crippen LogP contribution in [0.5, 0.6) is 0 Å². The minimum atomic E-state index is 0.281. The number of rotatable bonds is 2. The van der Waals surface area contributed by atoms with E-state index in [4.69, 9.17) is 10.3 Å². The van der Waals surface area contributed by atoms with E-state index in [9.17, 15) is 0 Å². The second-order valence-corrected chi connectivity index (χ2v) is 3.20. The van der Waals surface area contributed by atoms with Gasteiger partial charge in [0.15, 0.2) is 5.82 Å². The summed E-state index contributed by atoms with van der Waals surface area (Å²) in [7, 11) is 0. The Bertz CT molecular complexity index is 630. The molecule has 0 aromatic carbocycles. The number of nitrogens with two attached hydrogens (primary N) is 1. The topological polar surface area (TPSA) is 119 Å². The number of hydrogen-bond donors (Lipinski definition) is 2. The van der Waals surface area contributed by atoms with E-state index in [-0.39, 0.29) is 5.89 Å². The SMILES string of the molecule is Nc1cccc(-c2nc(-c3ncn[nH]3)no2)n1. The Morgan fingerprint density at radius 1 is 1.24 bits per heavy atom. The zero-order chi connectivity index (χ0) is 11.7. The van der Waals surface area contributed by atoms with Crippen LogP contribution < -0.4 is 5.73 Å². The maximum atomic E-state index is 5.57. The zero-order valence-corrected chi connectivity index (χ0v) is 8.53. The lowest BCUT2D eigenvalue weighted by molar-refractivity contribution is 0.430. The third kappa shape index (κ3) is 1.71. The van der Waals surface area contributed by atoms with Crippen LogP contribution in [0, 0.1) is 0 Å². The molecule has 0 saturated carbocycles. The molecule has 0 aliphatic rings. The van der Waals surface area contributed by atoms with E-state index in [1.165, 1.54) is 6.33 Å². The van der Waals surface area contributed by atoms with Gasteiger partial charge in [0.1, 0.15) is 17.8 Å². The van der Waals surface area contributed by atoms with Crippen LogP contribution in [-0.4, -0.2) is 30.3 Å². The van der Waals surface area contributed by atoms with Gasteiger partial charge in [-0.15, -0.1) is 0 Å². The first-order valence-electron chi connectivity index (χ1n) is 4.75. The Kier molecular flexibility index (Phi) is 2.04. The second kappa shape index (κ2) is 3.67. The number of H-pyrrole nitrogens is 1. The fourth-order valence-electron chi connectivity index (χ4n) is 1.31. The maximum Gasteiger partial charge on any atom is 0.277 e. The molecule has 8 nitrogen and oxygen atoms in total. The summed E-state index contributed by atoms with van der Waals surface area (Å²) in [5, 5.41) is 10.1. The number of nitrogens with one attached hydrogen (secondary N) is 1. The Morgan fingerprint density at radius 3 is 2.94 bits per heavy atom. The number of anilines is 1. The molecule has 84 valence electrons. The molecule has 0 fully saturated rings. The van der Waals surface area contributed by atoms with Crippen LogP contribution in [0.25, 0.3) is 23.2 Å². The summed E-state index contributed by atoms with van der Waals surface area (Å²) in [6, 6.07) is 5.17. The van der Waals surface area contributed by atoms with Crippen molar-refractivity contribution in [1.29, 1.82) is 0 Å². The van der Waals surface area contributed by atoms with Gasteiger partial charge in [0.25, 0.3) is 5.89 Å². The lowest BCUT2D eigenvalue weighted by Gasteiger charge is -1.93. The van der Waals surface area contributed by atoms with Gasteiger partial charge in [0.05, 0.1) is 0 Å². The van der Waals surface area contributed by atoms with Gasteiger partial charge in [0, 0.05) is 0 Å². The number of hydrogen-bond acceptors (Lipinski definition) is 7. The van der Waals surface area contributed by atoms with Crippen LogP contribution in [0.1, 0.15) is 0 Å². The van der Waals surface area contributed by atoms with Crippen LogP contribution in [0.3, 0.4) is 0 Å². The smallest absolute Gasteiger partial charge is 0.277 e. The zero-order valence-electron chi connectivity index (χ0n) is 8.53. The van der Waals surface area contributed by atoms with Crippen LogP contribution >= 0.6 is 0 Å². The fraction of sp³-hybridized carbons (Fsp3) is 0. The molecular weight excluding hydrogens is 222 g/mol. The molecule has 0 bridgehead atoms. The Hall–Kier alpha value is -2.77. The van der Waals surface area contributed by atoms with E-state index in [1.54, 1.807) is 18.2 Å². The maximum absolute atomic E-state index is 5.57. The van der Waals surface area contributed by atoms with Gasteiger partial charge in [-0.25, -0.2) is 9.97 Å². The number of nitrogens with zero attached hydrogens (tertiary/aromatic N) is 5. The van der Waals surface area contributed by atoms with E-state index >= 15 is 0 Å². The van der Waals surface area contributed by atoms with E-state index in [1.807, 2.05) is 0 Å². The molecule has 0 atom stereocenters. The van der Waals surface area contributed by atoms with Gasteiger partial charge in [-0.2, -0.15) is 10.1 Å². The van der Waals surface area contributed by atoms with Crippen molar-refractivity contribution in [2.75, 3.05) is 5.73 Å². The predicted molar refractivity (Wildman–Crippen MR) is 57.3 cm³/mol. The molecular formula is C9H7N7O. The lowest BCUT2D eigenvalue weighted by Crippen LogP contribution is -1.91. The van der Waals surface area contributed by atoms with Crippen molar-refractivity contribution in [3.8, 4) is 23.2 Å². The third-order valence-corrected chi connectivity index (χ3v) is 2.04. The monoisotopic (exact) mass is 229 g/mol. The molecule has 0 radical (unpaired) electrons. The number of aromatic nitrogens is 6. The number of nitrogen functional groups attached to an aromatic ring is 1. The van der Waals surface area contributed by atoms with Crippen LogP contribution in [0.4, 0.5) is 5.82 Å². The second-order valence-electron chi connectivity index (χ2n) is 3.20. The molecule has 0 aliphatic heterocycles. The first-order chi connectivity index (χ1) is 8.33. The first-order valence-corrected chi connectivity index (χ1v) is 4.75. The summed E-state index contributed by atoms with van der Waals surface area (Å²) >= 11 is 0. The number of aromatic amines is 1. The predicted octanol–water partition coefficient (Wildman–Crippen LogP) is 0.499. The number of pyridine rings is 1. The van der Waals surface area contributed by atoms with E-state index in [0.29, 0.717) is 23.2 Å². The molecule has 3 heterocycles. The van der Waals surface area contributed by atoms with Crippen molar-refractivity contribution in [1.82, 2.24) is 30.3 Å². The summed E-state index contributed by atoms with van der Waals surface area (Å²) in [6.07, 6.45) is 1.37. The normalized spacial score (nSPS) is 10.6. The highest BCUT2D eigenvalue weighted by Crippen LogP contribution is 2.18. The van der Waals surface area contributed by atoms with Crippen molar-refractivity contribution < 1.29 is 4.52 Å². The highest BCUT2D eigenvalue weighted by molar-refractivity contribution is 5.53. The van der Waals surface area contributed by atoms with Gasteiger partial charge < -0.3 is 10.3 Å². The van der Waals surface area contributed by atoms with Crippen LogP contribution in [0.15, 0.2) is 29.0 Å². The average molecular weight is 229 g/mol. The van der Waals surface area contributed by atoms with Crippen molar-refractivity contribution >= 4 is 5.82 Å². The average Bonchev–Trinajstić information content (AvgIpc) is 3.00. The van der Waals surface area contributed by atoms with Crippen molar-refractivity contribution in [3.63, 3.8) is 0 Å². The minimum absolute atomic E-state index is 0.281. The molecule has 8 heteroatoms. The summed E-state index contributed by atoms with van der Waals surface area (Å²) in [4.78, 5) is 12.1. The van der Waals surface area contributed by atoms with Gasteiger partial charge >= 0.3 is 0 Å². The molecule has 0 unspecified atom stereocenters. The fourth-order valence-corrected chi connectivity index (χ4v) is 1.31. The molecule has 3 N–H and O–H groups in total. The van der Waals surface area contributed by atoms with Crippen LogP contribution in [0.2, 0.25) is 0 Å². The van der Waals surface area contributed by atoms with Gasteiger partial charge in [-0.3, -0.25) is 5.10 Å². The summed E-state index contributed by atoms with van der Waals surface area (Å²) in [6.45, 7) is 0. The van der Waals surface area contributed by atoms with Crippen molar-refractivity contribution in [2.24, 2.45) is 0 Å². The molecule has 0 aliphatic carbocycles. The molecule has 3 rings (SSSR count). The Labute approximate surface area is 94.9 Å². The largest absolute Gasteiger partial charge is 0.384 e.